The van der Waals surface area contributed by atoms with Crippen molar-refractivity contribution in [3.63, 3.8) is 0 Å². The molecule has 3 amide bonds. The summed E-state index contributed by atoms with van der Waals surface area (Å²) in [5.74, 6) is -1.87. The monoisotopic (exact) mass is 526 g/mol. The van der Waals surface area contributed by atoms with Crippen LogP contribution in [-0.4, -0.2) is 38.0 Å². The van der Waals surface area contributed by atoms with Crippen LogP contribution in [0.3, 0.4) is 0 Å². The van der Waals surface area contributed by atoms with E-state index >= 15 is 0 Å². The van der Waals surface area contributed by atoms with E-state index in [0.29, 0.717) is 5.69 Å². The smallest absolute Gasteiger partial charge is 0.262 e. The number of methoxy groups -OCH3 is 1. The van der Waals surface area contributed by atoms with Gasteiger partial charge < -0.3 is 19.7 Å². The summed E-state index contributed by atoms with van der Waals surface area (Å²) >= 11 is 6.33. The lowest BCUT2D eigenvalue weighted by molar-refractivity contribution is -0.125. The number of carbonyl (C=O) groups excluding carboxylic acids is 3. The summed E-state index contributed by atoms with van der Waals surface area (Å²) in [5, 5.41) is 2.53. The number of anilines is 3. The molecule has 1 aliphatic rings. The van der Waals surface area contributed by atoms with Crippen molar-refractivity contribution in [2.24, 2.45) is 5.92 Å². The van der Waals surface area contributed by atoms with Gasteiger partial charge in [0.05, 0.1) is 29.4 Å². The molecule has 0 spiro atoms. The Kier molecular flexibility index (Phi) is 8.09. The standard InChI is InChI=1S/C26H24ClFN4O5/c1-36-22-13-17(12-19(27)25(22)37-15-23(33)29-21-10-6-5-9-20(21)28)30-31-26(35)16-11-24(34)32(14-16)18-7-3-2-4-8-18/h2-10,12-13,16,30H,11,14-15H2,1H3,(H,29,33)(H,31,35)/t16-/m1/s1. The van der Waals surface area contributed by atoms with Gasteiger partial charge >= 0.3 is 0 Å². The predicted molar refractivity (Wildman–Crippen MR) is 137 cm³/mol. The first kappa shape index (κ1) is 25.8. The molecule has 1 aliphatic heterocycles. The molecule has 0 unspecified atom stereocenters. The summed E-state index contributed by atoms with van der Waals surface area (Å²) in [6.07, 6.45) is 0.0915. The van der Waals surface area contributed by atoms with Crippen LogP contribution in [0.1, 0.15) is 6.42 Å². The Balaban J connectivity index is 1.34. The molecule has 1 saturated heterocycles. The van der Waals surface area contributed by atoms with Crippen LogP contribution in [0.5, 0.6) is 11.5 Å². The quantitative estimate of drug-likeness (QED) is 0.364. The van der Waals surface area contributed by atoms with Crippen LogP contribution < -0.4 is 30.5 Å². The van der Waals surface area contributed by atoms with E-state index in [0.717, 1.165) is 5.69 Å². The van der Waals surface area contributed by atoms with Crippen LogP contribution in [-0.2, 0) is 14.4 Å². The number of nitrogens with one attached hydrogen (secondary N) is 3. The second-order valence-corrected chi connectivity index (χ2v) is 8.57. The second-order valence-electron chi connectivity index (χ2n) is 8.16. The van der Waals surface area contributed by atoms with Gasteiger partial charge in [-0.15, -0.1) is 0 Å². The van der Waals surface area contributed by atoms with Crippen molar-refractivity contribution in [1.82, 2.24) is 5.43 Å². The number of amides is 3. The Bertz CT molecular complexity index is 1310. The number of carbonyl (C=O) groups is 3. The Hall–Kier alpha value is -4.31. The summed E-state index contributed by atoms with van der Waals surface area (Å²) in [7, 11) is 1.39. The van der Waals surface area contributed by atoms with E-state index in [2.05, 4.69) is 16.2 Å². The summed E-state index contributed by atoms with van der Waals surface area (Å²) in [6.45, 7) is -0.177. The fourth-order valence-electron chi connectivity index (χ4n) is 3.80. The molecule has 3 N–H and O–H groups in total. The number of hydrazine groups is 1. The van der Waals surface area contributed by atoms with Crippen LogP contribution in [0.25, 0.3) is 0 Å². The molecule has 9 nitrogen and oxygen atoms in total. The molecule has 192 valence electrons. The molecule has 4 rings (SSSR count). The topological polar surface area (TPSA) is 109 Å². The molecule has 0 radical (unpaired) electrons. The average Bonchev–Trinajstić information content (AvgIpc) is 3.29. The molecule has 1 heterocycles. The van der Waals surface area contributed by atoms with Crippen molar-refractivity contribution < 1.29 is 28.2 Å². The molecule has 11 heteroatoms. The molecule has 1 atom stereocenters. The number of nitrogens with zero attached hydrogens (tertiary/aromatic N) is 1. The van der Waals surface area contributed by atoms with Crippen LogP contribution >= 0.6 is 11.6 Å². The highest BCUT2D eigenvalue weighted by atomic mass is 35.5. The van der Waals surface area contributed by atoms with Crippen LogP contribution in [0.2, 0.25) is 5.02 Å². The summed E-state index contributed by atoms with van der Waals surface area (Å²) in [6, 6.07) is 17.9. The predicted octanol–water partition coefficient (Wildman–Crippen LogP) is 4.00. The van der Waals surface area contributed by atoms with Crippen molar-refractivity contribution in [2.45, 2.75) is 6.42 Å². The molecule has 0 bridgehead atoms. The Morgan fingerprint density at radius 3 is 2.57 bits per heavy atom. The van der Waals surface area contributed by atoms with Crippen molar-refractivity contribution in [1.29, 1.82) is 0 Å². The van der Waals surface area contributed by atoms with E-state index in [9.17, 15) is 18.8 Å². The highest BCUT2D eigenvalue weighted by molar-refractivity contribution is 6.32. The van der Waals surface area contributed by atoms with Gasteiger partial charge in [-0.25, -0.2) is 4.39 Å². The highest BCUT2D eigenvalue weighted by Gasteiger charge is 2.35. The van der Waals surface area contributed by atoms with E-state index in [1.54, 1.807) is 11.0 Å². The van der Waals surface area contributed by atoms with Crippen molar-refractivity contribution in [3.05, 3.63) is 77.6 Å². The van der Waals surface area contributed by atoms with Gasteiger partial charge in [0.25, 0.3) is 5.91 Å². The van der Waals surface area contributed by atoms with Crippen LogP contribution in [0, 0.1) is 11.7 Å². The minimum atomic E-state index is -0.589. The first-order valence-corrected chi connectivity index (χ1v) is 11.7. The van der Waals surface area contributed by atoms with Gasteiger partial charge in [0.15, 0.2) is 18.1 Å². The van der Waals surface area contributed by atoms with E-state index in [1.807, 2.05) is 30.3 Å². The molecule has 1 fully saturated rings. The third kappa shape index (κ3) is 6.28. The maximum atomic E-state index is 13.7. The minimum absolute atomic E-state index is 0.0281. The molecule has 3 aromatic rings. The summed E-state index contributed by atoms with van der Waals surface area (Å²) in [4.78, 5) is 38.8. The number of halogens is 2. The molecule has 3 aromatic carbocycles. The van der Waals surface area contributed by atoms with E-state index in [-0.39, 0.29) is 47.0 Å². The number of ether oxygens (including phenoxy) is 2. The molecule has 0 aliphatic carbocycles. The number of benzene rings is 3. The minimum Gasteiger partial charge on any atom is -0.493 e. The number of para-hydroxylation sites is 2. The molecular weight excluding hydrogens is 503 g/mol. The summed E-state index contributed by atoms with van der Waals surface area (Å²) in [5.41, 5.74) is 6.52. The molecular formula is C26H24ClFN4O5. The lowest BCUT2D eigenvalue weighted by Gasteiger charge is -2.17. The van der Waals surface area contributed by atoms with Gasteiger partial charge in [0.1, 0.15) is 5.82 Å². The first-order chi connectivity index (χ1) is 17.9. The fraction of sp³-hybridized carbons (Fsp3) is 0.192. The summed E-state index contributed by atoms with van der Waals surface area (Å²) < 4.78 is 24.6. The first-order valence-electron chi connectivity index (χ1n) is 11.3. The third-order valence-electron chi connectivity index (χ3n) is 5.62. The Morgan fingerprint density at radius 1 is 1.11 bits per heavy atom. The van der Waals surface area contributed by atoms with Crippen LogP contribution in [0.15, 0.2) is 66.7 Å². The molecule has 0 aromatic heterocycles. The maximum absolute atomic E-state index is 13.7. The molecule has 0 saturated carbocycles. The zero-order chi connectivity index (χ0) is 26.4. The van der Waals surface area contributed by atoms with Gasteiger partial charge in [-0.1, -0.05) is 41.9 Å². The van der Waals surface area contributed by atoms with Crippen LogP contribution in [0.4, 0.5) is 21.5 Å². The Labute approximate surface area is 217 Å². The van der Waals surface area contributed by atoms with Crippen molar-refractivity contribution in [2.75, 3.05) is 35.9 Å². The lowest BCUT2D eigenvalue weighted by atomic mass is 10.1. The molecule has 37 heavy (non-hydrogen) atoms. The van der Waals surface area contributed by atoms with Crippen molar-refractivity contribution >= 4 is 46.4 Å². The normalized spacial score (nSPS) is 14.7. The SMILES string of the molecule is COc1cc(NNC(=O)[C@@H]2CC(=O)N(c3ccccc3)C2)cc(Cl)c1OCC(=O)Nc1ccccc1F. The zero-order valence-electron chi connectivity index (χ0n) is 19.8. The fourth-order valence-corrected chi connectivity index (χ4v) is 4.06. The Morgan fingerprint density at radius 2 is 1.84 bits per heavy atom. The third-order valence-corrected chi connectivity index (χ3v) is 5.90. The van der Waals surface area contributed by atoms with E-state index in [1.165, 1.54) is 37.4 Å². The second kappa shape index (κ2) is 11.6. The zero-order valence-corrected chi connectivity index (χ0v) is 20.5. The van der Waals surface area contributed by atoms with Gasteiger partial charge in [-0.3, -0.25) is 25.2 Å². The number of hydrogen-bond acceptors (Lipinski definition) is 6. The lowest BCUT2D eigenvalue weighted by Crippen LogP contribution is -2.36. The van der Waals surface area contributed by atoms with Gasteiger partial charge in [-0.2, -0.15) is 0 Å². The van der Waals surface area contributed by atoms with E-state index < -0.39 is 24.2 Å². The number of hydrogen-bond donors (Lipinski definition) is 3. The van der Waals surface area contributed by atoms with Crippen molar-refractivity contribution in [3.8, 4) is 11.5 Å². The van der Waals surface area contributed by atoms with Gasteiger partial charge in [-0.05, 0) is 30.3 Å². The van der Waals surface area contributed by atoms with E-state index in [4.69, 9.17) is 21.1 Å². The van der Waals surface area contributed by atoms with Gasteiger partial charge in [0.2, 0.25) is 11.8 Å². The largest absolute Gasteiger partial charge is 0.493 e. The van der Waals surface area contributed by atoms with Gasteiger partial charge in [0, 0.05) is 24.7 Å². The number of rotatable bonds is 9. The highest BCUT2D eigenvalue weighted by Crippen LogP contribution is 2.38. The average molecular weight is 527 g/mol. The maximum Gasteiger partial charge on any atom is 0.262 e.